The van der Waals surface area contributed by atoms with Crippen molar-refractivity contribution in [2.45, 2.75) is 96.4 Å². The lowest BCUT2D eigenvalue weighted by Crippen LogP contribution is -2.37. The highest BCUT2D eigenvalue weighted by molar-refractivity contribution is 5.91. The maximum atomic E-state index is 11.5. The smallest absolute Gasteiger partial charge is 0.331 e. The summed E-state index contributed by atoms with van der Waals surface area (Å²) < 4.78 is 4.59. The van der Waals surface area contributed by atoms with Gasteiger partial charge in [-0.15, -0.1) is 0 Å². The molecule has 4 N–H and O–H groups in total. The van der Waals surface area contributed by atoms with Crippen molar-refractivity contribution in [1.82, 2.24) is 0 Å². The minimum absolute atomic E-state index is 0.200. The lowest BCUT2D eigenvalue weighted by Gasteiger charge is -2.08. The van der Waals surface area contributed by atoms with E-state index < -0.39 is 23.9 Å². The van der Waals surface area contributed by atoms with Crippen molar-refractivity contribution in [3.63, 3.8) is 0 Å². The highest BCUT2D eigenvalue weighted by atomic mass is 16.6. The molecule has 1 atom stereocenters. The standard InChI is InChI=1S/C18H34N2O4/c1-2-3-4-5-6-7-8-9-10-11-12-13-17(22)24-18(23)15(19)14-16(20)21/h15H,2-14,19H2,1H3,(H2,20,21)/t15-/m0/s1. The Labute approximate surface area is 145 Å². The summed E-state index contributed by atoms with van der Waals surface area (Å²) in [7, 11) is 0. The minimum atomic E-state index is -1.16. The van der Waals surface area contributed by atoms with E-state index in [9.17, 15) is 14.4 Å². The lowest BCUT2D eigenvalue weighted by molar-refractivity contribution is -0.161. The van der Waals surface area contributed by atoms with Gasteiger partial charge >= 0.3 is 11.9 Å². The largest absolute Gasteiger partial charge is 0.392 e. The van der Waals surface area contributed by atoms with E-state index in [2.05, 4.69) is 11.7 Å². The van der Waals surface area contributed by atoms with Crippen molar-refractivity contribution in [1.29, 1.82) is 0 Å². The van der Waals surface area contributed by atoms with Gasteiger partial charge in [0.15, 0.2) is 0 Å². The third-order valence-electron chi connectivity index (χ3n) is 3.92. The van der Waals surface area contributed by atoms with E-state index in [1.165, 1.54) is 51.4 Å². The van der Waals surface area contributed by atoms with Crippen LogP contribution in [0, 0.1) is 0 Å². The van der Waals surface area contributed by atoms with Gasteiger partial charge in [-0.25, -0.2) is 4.79 Å². The van der Waals surface area contributed by atoms with E-state index >= 15 is 0 Å². The first-order valence-electron chi connectivity index (χ1n) is 9.25. The van der Waals surface area contributed by atoms with Gasteiger partial charge in [-0.05, 0) is 6.42 Å². The monoisotopic (exact) mass is 342 g/mol. The molecule has 0 bridgehead atoms. The van der Waals surface area contributed by atoms with Crippen LogP contribution in [0.25, 0.3) is 0 Å². The Hall–Kier alpha value is -1.43. The highest BCUT2D eigenvalue weighted by Gasteiger charge is 2.20. The maximum absolute atomic E-state index is 11.5. The van der Waals surface area contributed by atoms with Crippen molar-refractivity contribution >= 4 is 17.8 Å². The third-order valence-corrected chi connectivity index (χ3v) is 3.92. The van der Waals surface area contributed by atoms with Gasteiger partial charge < -0.3 is 16.2 Å². The molecule has 0 aromatic heterocycles. The SMILES string of the molecule is CCCCCCCCCCCCCC(=O)OC(=O)[C@@H](N)CC(N)=O. The van der Waals surface area contributed by atoms with Gasteiger partial charge in [-0.2, -0.15) is 0 Å². The zero-order chi connectivity index (χ0) is 18.2. The van der Waals surface area contributed by atoms with Crippen LogP contribution in [0.5, 0.6) is 0 Å². The van der Waals surface area contributed by atoms with Gasteiger partial charge in [-0.1, -0.05) is 71.1 Å². The van der Waals surface area contributed by atoms with Gasteiger partial charge in [0.1, 0.15) is 6.04 Å². The molecule has 0 saturated carbocycles. The van der Waals surface area contributed by atoms with Gasteiger partial charge in [0.2, 0.25) is 5.91 Å². The molecular formula is C18H34N2O4. The summed E-state index contributed by atoms with van der Waals surface area (Å²) in [4.78, 5) is 33.5. The first kappa shape index (κ1) is 22.6. The number of esters is 2. The molecular weight excluding hydrogens is 308 g/mol. The number of unbranched alkanes of at least 4 members (excludes halogenated alkanes) is 10. The molecule has 0 radical (unpaired) electrons. The second kappa shape index (κ2) is 15.1. The van der Waals surface area contributed by atoms with Crippen LogP contribution in [0.3, 0.4) is 0 Å². The number of rotatable bonds is 15. The summed E-state index contributed by atoms with van der Waals surface area (Å²) >= 11 is 0. The summed E-state index contributed by atoms with van der Waals surface area (Å²) in [6.07, 6.45) is 13.0. The first-order valence-corrected chi connectivity index (χ1v) is 9.25. The summed E-state index contributed by atoms with van der Waals surface area (Å²) in [5.41, 5.74) is 10.3. The van der Waals surface area contributed by atoms with Crippen LogP contribution in [0.2, 0.25) is 0 Å². The fourth-order valence-corrected chi connectivity index (χ4v) is 2.47. The molecule has 140 valence electrons. The van der Waals surface area contributed by atoms with E-state index in [1.54, 1.807) is 0 Å². The Kier molecular flexibility index (Phi) is 14.2. The van der Waals surface area contributed by atoms with Crippen molar-refractivity contribution < 1.29 is 19.1 Å². The zero-order valence-corrected chi connectivity index (χ0v) is 15.1. The minimum Gasteiger partial charge on any atom is -0.392 e. The highest BCUT2D eigenvalue weighted by Crippen LogP contribution is 2.12. The molecule has 0 saturated heterocycles. The Morgan fingerprint density at radius 2 is 1.29 bits per heavy atom. The number of primary amides is 1. The van der Waals surface area contributed by atoms with Crippen molar-refractivity contribution in [2.24, 2.45) is 11.5 Å². The second-order valence-electron chi connectivity index (χ2n) is 6.36. The van der Waals surface area contributed by atoms with Gasteiger partial charge in [0, 0.05) is 6.42 Å². The molecule has 0 fully saturated rings. The lowest BCUT2D eigenvalue weighted by atomic mass is 10.1. The van der Waals surface area contributed by atoms with E-state index in [4.69, 9.17) is 11.5 Å². The van der Waals surface area contributed by atoms with Crippen molar-refractivity contribution in [3.8, 4) is 0 Å². The number of carbonyl (C=O) groups excluding carboxylic acids is 3. The quantitative estimate of drug-likeness (QED) is 0.270. The van der Waals surface area contributed by atoms with Crippen LogP contribution in [0.4, 0.5) is 0 Å². The van der Waals surface area contributed by atoms with Gasteiger partial charge in [-0.3, -0.25) is 9.59 Å². The molecule has 0 heterocycles. The molecule has 6 heteroatoms. The van der Waals surface area contributed by atoms with E-state index in [0.29, 0.717) is 6.42 Å². The predicted molar refractivity (Wildman–Crippen MR) is 94.0 cm³/mol. The van der Waals surface area contributed by atoms with Crippen molar-refractivity contribution in [3.05, 3.63) is 0 Å². The predicted octanol–water partition coefficient (Wildman–Crippen LogP) is 2.96. The van der Waals surface area contributed by atoms with E-state index in [-0.39, 0.29) is 12.8 Å². The van der Waals surface area contributed by atoms with Crippen LogP contribution in [-0.4, -0.2) is 23.9 Å². The normalized spacial score (nSPS) is 11.9. The first-order chi connectivity index (χ1) is 11.5. The Balaban J connectivity index is 3.46. The average Bonchev–Trinajstić information content (AvgIpc) is 2.51. The average molecular weight is 342 g/mol. The number of nitrogens with two attached hydrogens (primary N) is 2. The van der Waals surface area contributed by atoms with Crippen LogP contribution in [-0.2, 0) is 19.1 Å². The number of ether oxygens (including phenoxy) is 1. The number of carbonyl (C=O) groups is 3. The van der Waals surface area contributed by atoms with Crippen LogP contribution in [0.15, 0.2) is 0 Å². The summed E-state index contributed by atoms with van der Waals surface area (Å²) in [5, 5.41) is 0. The molecule has 0 aromatic rings. The Bertz CT molecular complexity index is 372. The number of hydrogen-bond acceptors (Lipinski definition) is 5. The molecule has 0 aromatic carbocycles. The molecule has 0 unspecified atom stereocenters. The Morgan fingerprint density at radius 3 is 1.75 bits per heavy atom. The molecule has 0 aliphatic carbocycles. The van der Waals surface area contributed by atoms with Crippen LogP contribution in [0.1, 0.15) is 90.4 Å². The van der Waals surface area contributed by atoms with E-state index in [1.807, 2.05) is 0 Å². The number of hydrogen-bond donors (Lipinski definition) is 2. The van der Waals surface area contributed by atoms with Gasteiger partial charge in [0.05, 0.1) is 6.42 Å². The summed E-state index contributed by atoms with van der Waals surface area (Å²) in [6, 6.07) is -1.16. The number of amides is 1. The second-order valence-corrected chi connectivity index (χ2v) is 6.36. The third kappa shape index (κ3) is 14.2. The topological polar surface area (TPSA) is 112 Å². The molecule has 6 nitrogen and oxygen atoms in total. The van der Waals surface area contributed by atoms with Crippen molar-refractivity contribution in [2.75, 3.05) is 0 Å². The van der Waals surface area contributed by atoms with Crippen LogP contribution >= 0.6 is 0 Å². The molecule has 0 aliphatic rings. The molecule has 1 amide bonds. The molecule has 0 spiro atoms. The summed E-state index contributed by atoms with van der Waals surface area (Å²) in [6.45, 7) is 2.22. The molecule has 0 rings (SSSR count). The molecule has 24 heavy (non-hydrogen) atoms. The van der Waals surface area contributed by atoms with E-state index in [0.717, 1.165) is 12.8 Å². The summed E-state index contributed by atoms with van der Waals surface area (Å²) in [5.74, 6) is -2.17. The van der Waals surface area contributed by atoms with Gasteiger partial charge in [0.25, 0.3) is 0 Å². The fourth-order valence-electron chi connectivity index (χ4n) is 2.47. The fraction of sp³-hybridized carbons (Fsp3) is 0.833. The zero-order valence-electron chi connectivity index (χ0n) is 15.1. The van der Waals surface area contributed by atoms with Crippen LogP contribution < -0.4 is 11.5 Å². The Morgan fingerprint density at radius 1 is 0.833 bits per heavy atom. The maximum Gasteiger partial charge on any atom is 0.331 e. The molecule has 0 aliphatic heterocycles.